The monoisotopic (exact) mass is 264 g/mol. The van der Waals surface area contributed by atoms with Crippen molar-refractivity contribution in [2.24, 2.45) is 0 Å². The van der Waals surface area contributed by atoms with E-state index in [4.69, 9.17) is 9.47 Å². The molecule has 1 aliphatic heterocycles. The van der Waals surface area contributed by atoms with Gasteiger partial charge < -0.3 is 14.4 Å². The number of hydrogen-bond donors (Lipinski definition) is 0. The molecule has 0 N–H and O–H groups in total. The van der Waals surface area contributed by atoms with Gasteiger partial charge in [-0.05, 0) is 33.8 Å². The third-order valence-electron chi connectivity index (χ3n) is 2.67. The molecule has 1 amide bonds. The third kappa shape index (κ3) is 3.84. The van der Waals surface area contributed by atoms with Gasteiger partial charge in [-0.25, -0.2) is 4.79 Å². The smallest absolute Gasteiger partial charge is 0.410 e. The lowest BCUT2D eigenvalue weighted by Gasteiger charge is -2.39. The van der Waals surface area contributed by atoms with Crippen LogP contribution in [-0.4, -0.2) is 40.8 Å². The summed E-state index contributed by atoms with van der Waals surface area (Å²) >= 11 is 0. The van der Waals surface area contributed by atoms with Crippen molar-refractivity contribution in [1.82, 2.24) is 9.88 Å². The zero-order valence-corrected chi connectivity index (χ0v) is 11.8. The first kappa shape index (κ1) is 13.6. The van der Waals surface area contributed by atoms with Crippen LogP contribution in [0.2, 0.25) is 0 Å². The average Bonchev–Trinajstić information content (AvgIpc) is 2.20. The topological polar surface area (TPSA) is 51.7 Å². The summed E-state index contributed by atoms with van der Waals surface area (Å²) in [6, 6.07) is 3.71. The number of likely N-dealkylation sites (tertiary alicyclic amines) is 1. The zero-order valence-electron chi connectivity index (χ0n) is 11.8. The lowest BCUT2D eigenvalue weighted by molar-refractivity contribution is -0.0221. The Morgan fingerprint density at radius 3 is 2.68 bits per heavy atom. The lowest BCUT2D eigenvalue weighted by atomic mass is 10.1. The molecule has 1 saturated heterocycles. The molecule has 5 heteroatoms. The highest BCUT2D eigenvalue weighted by Gasteiger charge is 2.35. The Balaban J connectivity index is 1.79. The van der Waals surface area contributed by atoms with E-state index in [1.165, 1.54) is 0 Å². The Bertz CT molecular complexity index is 462. The number of carbonyl (C=O) groups excluding carboxylic acids is 1. The molecule has 0 atom stereocenters. The normalized spacial score (nSPS) is 15.9. The Morgan fingerprint density at radius 1 is 1.42 bits per heavy atom. The number of carbonyl (C=O) groups is 1. The van der Waals surface area contributed by atoms with E-state index in [9.17, 15) is 4.79 Å². The number of hydrogen-bond acceptors (Lipinski definition) is 4. The molecule has 104 valence electrons. The van der Waals surface area contributed by atoms with Gasteiger partial charge in [0.1, 0.15) is 17.5 Å². The standard InChI is InChI=1S/C14H20N2O3/c1-10-7-11(5-6-15-10)18-12-8-16(9-12)13(17)19-14(2,3)4/h5-7,12H,8-9H2,1-4H3. The Kier molecular flexibility index (Phi) is 3.64. The van der Waals surface area contributed by atoms with E-state index < -0.39 is 5.60 Å². The van der Waals surface area contributed by atoms with Crippen molar-refractivity contribution in [2.45, 2.75) is 39.4 Å². The SMILES string of the molecule is Cc1cc(OC2CN(C(=O)OC(C)(C)C)C2)ccn1. The van der Waals surface area contributed by atoms with E-state index in [1.54, 1.807) is 11.1 Å². The summed E-state index contributed by atoms with van der Waals surface area (Å²) in [5, 5.41) is 0. The number of amides is 1. The van der Waals surface area contributed by atoms with Crippen LogP contribution in [0.1, 0.15) is 26.5 Å². The predicted octanol–water partition coefficient (Wildman–Crippen LogP) is 2.39. The van der Waals surface area contributed by atoms with Gasteiger partial charge in [-0.1, -0.05) is 0 Å². The van der Waals surface area contributed by atoms with E-state index in [-0.39, 0.29) is 12.2 Å². The Hall–Kier alpha value is -1.78. The third-order valence-corrected chi connectivity index (χ3v) is 2.67. The van der Waals surface area contributed by atoms with Crippen molar-refractivity contribution in [3.05, 3.63) is 24.0 Å². The van der Waals surface area contributed by atoms with Crippen LogP contribution in [0.5, 0.6) is 5.75 Å². The van der Waals surface area contributed by atoms with E-state index in [2.05, 4.69) is 4.98 Å². The first-order chi connectivity index (χ1) is 8.83. The quantitative estimate of drug-likeness (QED) is 0.823. The van der Waals surface area contributed by atoms with Crippen molar-refractivity contribution in [3.63, 3.8) is 0 Å². The van der Waals surface area contributed by atoms with Crippen LogP contribution < -0.4 is 4.74 Å². The fraction of sp³-hybridized carbons (Fsp3) is 0.571. The molecule has 0 radical (unpaired) electrons. The van der Waals surface area contributed by atoms with Gasteiger partial charge >= 0.3 is 6.09 Å². The minimum absolute atomic E-state index is 0.0364. The number of aryl methyl sites for hydroxylation is 1. The summed E-state index contributed by atoms with van der Waals surface area (Å²) in [6.07, 6.45) is 1.47. The first-order valence-corrected chi connectivity index (χ1v) is 6.41. The van der Waals surface area contributed by atoms with Gasteiger partial charge in [0.05, 0.1) is 13.1 Å². The second kappa shape index (κ2) is 5.07. The molecule has 2 rings (SSSR count). The second-order valence-electron chi connectivity index (χ2n) is 5.76. The zero-order chi connectivity index (χ0) is 14.0. The molecule has 5 nitrogen and oxygen atoms in total. The number of aromatic nitrogens is 1. The van der Waals surface area contributed by atoms with Crippen LogP contribution in [0.3, 0.4) is 0 Å². The van der Waals surface area contributed by atoms with Crippen LogP contribution in [0.4, 0.5) is 4.79 Å². The summed E-state index contributed by atoms with van der Waals surface area (Å²) in [4.78, 5) is 17.5. The number of rotatable bonds is 2. The Morgan fingerprint density at radius 2 is 2.11 bits per heavy atom. The van der Waals surface area contributed by atoms with Crippen molar-refractivity contribution in [1.29, 1.82) is 0 Å². The van der Waals surface area contributed by atoms with Crippen molar-refractivity contribution < 1.29 is 14.3 Å². The van der Waals surface area contributed by atoms with Gasteiger partial charge in [0.25, 0.3) is 0 Å². The fourth-order valence-corrected chi connectivity index (χ4v) is 1.77. The molecule has 1 fully saturated rings. The molecular weight excluding hydrogens is 244 g/mol. The summed E-state index contributed by atoms with van der Waals surface area (Å²) in [7, 11) is 0. The molecule has 0 unspecified atom stereocenters. The second-order valence-corrected chi connectivity index (χ2v) is 5.76. The van der Waals surface area contributed by atoms with Gasteiger partial charge in [0, 0.05) is 18.0 Å². The molecule has 0 saturated carbocycles. The summed E-state index contributed by atoms with van der Waals surface area (Å²) in [5.41, 5.74) is 0.464. The molecular formula is C14H20N2O3. The van der Waals surface area contributed by atoms with Crippen LogP contribution in [0.15, 0.2) is 18.3 Å². The molecule has 1 aromatic rings. The molecule has 0 bridgehead atoms. The highest BCUT2D eigenvalue weighted by molar-refractivity contribution is 5.69. The molecule has 2 heterocycles. The summed E-state index contributed by atoms with van der Waals surface area (Å²) in [6.45, 7) is 8.63. The minimum atomic E-state index is -0.453. The molecule has 0 aromatic carbocycles. The highest BCUT2D eigenvalue weighted by Crippen LogP contribution is 2.20. The van der Waals surface area contributed by atoms with E-state index in [1.807, 2.05) is 39.8 Å². The van der Waals surface area contributed by atoms with Gasteiger partial charge in [-0.3, -0.25) is 4.98 Å². The van der Waals surface area contributed by atoms with Gasteiger partial charge in [-0.15, -0.1) is 0 Å². The van der Waals surface area contributed by atoms with Crippen LogP contribution in [0.25, 0.3) is 0 Å². The number of nitrogens with zero attached hydrogens (tertiary/aromatic N) is 2. The maximum absolute atomic E-state index is 11.7. The summed E-state index contributed by atoms with van der Waals surface area (Å²) < 4.78 is 11.0. The molecule has 19 heavy (non-hydrogen) atoms. The van der Waals surface area contributed by atoms with Crippen LogP contribution in [0, 0.1) is 6.92 Å². The van der Waals surface area contributed by atoms with Gasteiger partial charge in [-0.2, -0.15) is 0 Å². The Labute approximate surface area is 113 Å². The molecule has 0 aliphatic carbocycles. The minimum Gasteiger partial charge on any atom is -0.487 e. The number of pyridine rings is 1. The largest absolute Gasteiger partial charge is 0.487 e. The van der Waals surface area contributed by atoms with Gasteiger partial charge in [0.15, 0.2) is 0 Å². The maximum Gasteiger partial charge on any atom is 0.410 e. The van der Waals surface area contributed by atoms with E-state index in [0.717, 1.165) is 11.4 Å². The van der Waals surface area contributed by atoms with Crippen molar-refractivity contribution in [2.75, 3.05) is 13.1 Å². The first-order valence-electron chi connectivity index (χ1n) is 6.41. The molecule has 1 aliphatic rings. The van der Waals surface area contributed by atoms with Gasteiger partial charge in [0.2, 0.25) is 0 Å². The number of ether oxygens (including phenoxy) is 2. The van der Waals surface area contributed by atoms with Crippen molar-refractivity contribution in [3.8, 4) is 5.75 Å². The van der Waals surface area contributed by atoms with Crippen LogP contribution in [-0.2, 0) is 4.74 Å². The highest BCUT2D eigenvalue weighted by atomic mass is 16.6. The summed E-state index contributed by atoms with van der Waals surface area (Å²) in [5.74, 6) is 0.793. The van der Waals surface area contributed by atoms with E-state index >= 15 is 0 Å². The van der Waals surface area contributed by atoms with Crippen molar-refractivity contribution >= 4 is 6.09 Å². The van der Waals surface area contributed by atoms with E-state index in [0.29, 0.717) is 13.1 Å². The van der Waals surface area contributed by atoms with Crippen LogP contribution >= 0.6 is 0 Å². The average molecular weight is 264 g/mol. The maximum atomic E-state index is 11.7. The molecule has 1 aromatic heterocycles. The predicted molar refractivity (Wildman–Crippen MR) is 71.2 cm³/mol. The lowest BCUT2D eigenvalue weighted by Crippen LogP contribution is -2.57. The fourth-order valence-electron chi connectivity index (χ4n) is 1.77. The molecule has 0 spiro atoms.